The Bertz CT molecular complexity index is 552. The van der Waals surface area contributed by atoms with Gasteiger partial charge in [0.2, 0.25) is 0 Å². The summed E-state index contributed by atoms with van der Waals surface area (Å²) in [6, 6.07) is 8.15. The third kappa shape index (κ3) is 1.90. The Hall–Kier alpha value is -0.840. The summed E-state index contributed by atoms with van der Waals surface area (Å²) in [6.45, 7) is 0.769. The van der Waals surface area contributed by atoms with Crippen LogP contribution in [0.4, 0.5) is 0 Å². The quantitative estimate of drug-likeness (QED) is 0.921. The monoisotopic (exact) mass is 309 g/mol. The molecule has 0 saturated heterocycles. The first-order valence-electron chi connectivity index (χ1n) is 5.50. The third-order valence-electron chi connectivity index (χ3n) is 3.01. The van der Waals surface area contributed by atoms with Crippen molar-refractivity contribution in [3.05, 3.63) is 50.1 Å². The van der Waals surface area contributed by atoms with Crippen LogP contribution in [0.15, 0.2) is 34.1 Å². The van der Waals surface area contributed by atoms with E-state index in [9.17, 15) is 0 Å². The Morgan fingerprint density at radius 1 is 1.35 bits per heavy atom. The van der Waals surface area contributed by atoms with E-state index in [4.69, 9.17) is 10.5 Å². The van der Waals surface area contributed by atoms with E-state index in [1.807, 2.05) is 11.4 Å². The molecule has 0 saturated carbocycles. The molecule has 2 aromatic rings. The fourth-order valence-corrected chi connectivity index (χ4v) is 3.79. The molecule has 0 spiro atoms. The number of halogens is 1. The summed E-state index contributed by atoms with van der Waals surface area (Å²) in [4.78, 5) is 1.15. The van der Waals surface area contributed by atoms with Gasteiger partial charge in [0.25, 0.3) is 0 Å². The lowest BCUT2D eigenvalue weighted by Crippen LogP contribution is -2.12. The minimum absolute atomic E-state index is 0.113. The van der Waals surface area contributed by atoms with Gasteiger partial charge in [-0.25, -0.2) is 0 Å². The highest BCUT2D eigenvalue weighted by molar-refractivity contribution is 9.10. The molecule has 2 heterocycles. The number of para-hydroxylation sites is 1. The van der Waals surface area contributed by atoms with Gasteiger partial charge in [-0.3, -0.25) is 0 Å². The SMILES string of the molecule is NC(c1cccc2c1OCC2)c1sccc1Br. The molecule has 1 aliphatic rings. The predicted molar refractivity (Wildman–Crippen MR) is 73.7 cm³/mol. The molecule has 1 aliphatic heterocycles. The maximum absolute atomic E-state index is 6.34. The van der Waals surface area contributed by atoms with Crippen LogP contribution in [0.2, 0.25) is 0 Å². The van der Waals surface area contributed by atoms with Crippen LogP contribution in [0.25, 0.3) is 0 Å². The van der Waals surface area contributed by atoms with Crippen LogP contribution < -0.4 is 10.5 Å². The van der Waals surface area contributed by atoms with Crippen molar-refractivity contribution in [1.29, 1.82) is 0 Å². The highest BCUT2D eigenvalue weighted by atomic mass is 79.9. The van der Waals surface area contributed by atoms with Crippen LogP contribution >= 0.6 is 27.3 Å². The lowest BCUT2D eigenvalue weighted by Gasteiger charge is -2.14. The number of thiophene rings is 1. The minimum Gasteiger partial charge on any atom is -0.493 e. The molecule has 0 fully saturated rings. The minimum atomic E-state index is -0.113. The fourth-order valence-electron chi connectivity index (χ4n) is 2.15. The number of nitrogens with two attached hydrogens (primary N) is 1. The van der Waals surface area contributed by atoms with Gasteiger partial charge in [0.05, 0.1) is 12.6 Å². The molecular formula is C13H12BrNOS. The molecule has 0 bridgehead atoms. The van der Waals surface area contributed by atoms with Gasteiger partial charge < -0.3 is 10.5 Å². The molecule has 88 valence electrons. The van der Waals surface area contributed by atoms with E-state index in [0.29, 0.717) is 0 Å². The second kappa shape index (κ2) is 4.44. The molecule has 1 aromatic carbocycles. The first-order valence-corrected chi connectivity index (χ1v) is 7.17. The summed E-state index contributed by atoms with van der Waals surface area (Å²) in [5.41, 5.74) is 8.69. The molecule has 1 aromatic heterocycles. The number of hydrogen-bond donors (Lipinski definition) is 1. The van der Waals surface area contributed by atoms with Crippen molar-refractivity contribution in [2.75, 3.05) is 6.61 Å². The second-order valence-electron chi connectivity index (χ2n) is 4.04. The topological polar surface area (TPSA) is 35.2 Å². The van der Waals surface area contributed by atoms with Crippen LogP contribution in [-0.2, 0) is 6.42 Å². The van der Waals surface area contributed by atoms with Crippen LogP contribution in [0.3, 0.4) is 0 Å². The number of benzene rings is 1. The Morgan fingerprint density at radius 2 is 2.24 bits per heavy atom. The summed E-state index contributed by atoms with van der Waals surface area (Å²) < 4.78 is 6.77. The summed E-state index contributed by atoms with van der Waals surface area (Å²) in [6.07, 6.45) is 0.988. The molecule has 2 N–H and O–H groups in total. The number of hydrogen-bond acceptors (Lipinski definition) is 3. The molecule has 3 rings (SSSR count). The van der Waals surface area contributed by atoms with Crippen LogP contribution in [0.5, 0.6) is 5.75 Å². The van der Waals surface area contributed by atoms with Gasteiger partial charge in [0, 0.05) is 21.3 Å². The predicted octanol–water partition coefficient (Wildman–Crippen LogP) is 3.49. The number of rotatable bonds is 2. The highest BCUT2D eigenvalue weighted by Gasteiger charge is 2.22. The lowest BCUT2D eigenvalue weighted by molar-refractivity contribution is 0.352. The molecule has 1 unspecified atom stereocenters. The van der Waals surface area contributed by atoms with Gasteiger partial charge >= 0.3 is 0 Å². The molecule has 2 nitrogen and oxygen atoms in total. The lowest BCUT2D eigenvalue weighted by atomic mass is 10.0. The molecule has 0 amide bonds. The van der Waals surface area contributed by atoms with Gasteiger partial charge in [0.1, 0.15) is 5.75 Å². The van der Waals surface area contributed by atoms with E-state index in [2.05, 4.69) is 34.1 Å². The average Bonchev–Trinajstić information content (AvgIpc) is 2.95. The van der Waals surface area contributed by atoms with Crippen LogP contribution in [-0.4, -0.2) is 6.61 Å². The molecule has 17 heavy (non-hydrogen) atoms. The van der Waals surface area contributed by atoms with E-state index in [1.165, 1.54) is 5.56 Å². The summed E-state index contributed by atoms with van der Waals surface area (Å²) in [5.74, 6) is 0.986. The largest absolute Gasteiger partial charge is 0.493 e. The van der Waals surface area contributed by atoms with Crippen molar-refractivity contribution in [2.24, 2.45) is 5.73 Å². The Kier molecular flexibility index (Phi) is 2.94. The second-order valence-corrected chi connectivity index (χ2v) is 5.85. The van der Waals surface area contributed by atoms with E-state index in [1.54, 1.807) is 11.3 Å². The maximum atomic E-state index is 6.34. The molecule has 4 heteroatoms. The van der Waals surface area contributed by atoms with Crippen LogP contribution in [0.1, 0.15) is 22.0 Å². The highest BCUT2D eigenvalue weighted by Crippen LogP contribution is 2.38. The summed E-state index contributed by atoms with van der Waals surface area (Å²) in [5, 5.41) is 2.04. The van der Waals surface area contributed by atoms with Crippen molar-refractivity contribution >= 4 is 27.3 Å². The molecule has 0 radical (unpaired) electrons. The van der Waals surface area contributed by atoms with E-state index < -0.39 is 0 Å². The van der Waals surface area contributed by atoms with E-state index in [-0.39, 0.29) is 6.04 Å². The molecule has 1 atom stereocenters. The fraction of sp³-hybridized carbons (Fsp3) is 0.231. The van der Waals surface area contributed by atoms with Crippen molar-refractivity contribution in [1.82, 2.24) is 0 Å². The van der Waals surface area contributed by atoms with Gasteiger partial charge in [0.15, 0.2) is 0 Å². The maximum Gasteiger partial charge on any atom is 0.127 e. The Labute approximate surface area is 113 Å². The Balaban J connectivity index is 2.05. The summed E-state index contributed by atoms with van der Waals surface area (Å²) >= 11 is 5.20. The third-order valence-corrected chi connectivity index (χ3v) is 4.96. The zero-order valence-electron chi connectivity index (χ0n) is 9.15. The zero-order chi connectivity index (χ0) is 11.8. The van der Waals surface area contributed by atoms with Crippen molar-refractivity contribution in [2.45, 2.75) is 12.5 Å². The van der Waals surface area contributed by atoms with Crippen LogP contribution in [0, 0.1) is 0 Å². The zero-order valence-corrected chi connectivity index (χ0v) is 11.6. The smallest absolute Gasteiger partial charge is 0.127 e. The van der Waals surface area contributed by atoms with Crippen molar-refractivity contribution in [3.8, 4) is 5.75 Å². The number of ether oxygens (including phenoxy) is 1. The Morgan fingerprint density at radius 3 is 3.00 bits per heavy atom. The molecular weight excluding hydrogens is 298 g/mol. The van der Waals surface area contributed by atoms with Gasteiger partial charge in [-0.15, -0.1) is 11.3 Å². The summed E-state index contributed by atoms with van der Waals surface area (Å²) in [7, 11) is 0. The average molecular weight is 310 g/mol. The molecule has 0 aliphatic carbocycles. The number of fused-ring (bicyclic) bond motifs is 1. The normalized spacial score (nSPS) is 15.4. The standard InChI is InChI=1S/C13H12BrNOS/c14-10-5-7-17-13(10)11(15)9-3-1-2-8-4-6-16-12(8)9/h1-3,5,7,11H,4,6,15H2. The first kappa shape index (κ1) is 11.3. The first-order chi connectivity index (χ1) is 8.27. The van der Waals surface area contributed by atoms with Gasteiger partial charge in [-0.05, 0) is 32.9 Å². The van der Waals surface area contributed by atoms with E-state index in [0.717, 1.165) is 33.7 Å². The van der Waals surface area contributed by atoms with Crippen molar-refractivity contribution < 1.29 is 4.74 Å². The van der Waals surface area contributed by atoms with Crippen molar-refractivity contribution in [3.63, 3.8) is 0 Å². The van der Waals surface area contributed by atoms with Gasteiger partial charge in [-0.2, -0.15) is 0 Å². The van der Waals surface area contributed by atoms with E-state index >= 15 is 0 Å². The van der Waals surface area contributed by atoms with Gasteiger partial charge in [-0.1, -0.05) is 18.2 Å².